The van der Waals surface area contributed by atoms with E-state index in [0.717, 1.165) is 0 Å². The second-order valence-corrected chi connectivity index (χ2v) is 3.37. The van der Waals surface area contributed by atoms with Crippen LogP contribution in [0.1, 0.15) is 27.6 Å². The quantitative estimate of drug-likeness (QED) is 0.628. The van der Waals surface area contributed by atoms with Crippen LogP contribution < -0.4 is 5.32 Å². The maximum Gasteiger partial charge on any atom is 0.339 e. The molecule has 0 heterocycles. The number of carbonyl (C=O) groups excluding carboxylic acids is 2. The minimum Gasteiger partial charge on any atom is -0.446 e. The van der Waals surface area contributed by atoms with Crippen molar-refractivity contribution in [3.63, 3.8) is 0 Å². The summed E-state index contributed by atoms with van der Waals surface area (Å²) in [5.41, 5.74) is 0.698. The van der Waals surface area contributed by atoms with Crippen molar-refractivity contribution in [1.82, 2.24) is 5.32 Å². The van der Waals surface area contributed by atoms with E-state index in [0.29, 0.717) is 11.1 Å². The van der Waals surface area contributed by atoms with Crippen molar-refractivity contribution in [1.29, 1.82) is 0 Å². The van der Waals surface area contributed by atoms with Gasteiger partial charge in [-0.2, -0.15) is 0 Å². The zero-order valence-corrected chi connectivity index (χ0v) is 9.69. The third kappa shape index (κ3) is 3.35. The Hall–Kier alpha value is -2.28. The number of terminal acetylenes is 1. The summed E-state index contributed by atoms with van der Waals surface area (Å²) < 4.78 is 4.95. The van der Waals surface area contributed by atoms with Gasteiger partial charge in [-0.15, -0.1) is 6.42 Å². The first-order valence-electron chi connectivity index (χ1n) is 5.07. The molecule has 4 nitrogen and oxygen atoms in total. The summed E-state index contributed by atoms with van der Waals surface area (Å²) in [4.78, 5) is 23.0. The molecule has 0 saturated heterocycles. The van der Waals surface area contributed by atoms with Crippen LogP contribution in [0.2, 0.25) is 0 Å². The van der Waals surface area contributed by atoms with Crippen molar-refractivity contribution < 1.29 is 14.3 Å². The van der Waals surface area contributed by atoms with Gasteiger partial charge in [-0.05, 0) is 25.1 Å². The molecule has 4 heteroatoms. The van der Waals surface area contributed by atoms with E-state index in [-0.39, 0.29) is 5.91 Å². The lowest BCUT2D eigenvalue weighted by molar-refractivity contribution is 0.0439. The Kier molecular flexibility index (Phi) is 4.29. The number of benzene rings is 1. The molecule has 0 radical (unpaired) electrons. The molecule has 1 aromatic rings. The molecule has 1 amide bonds. The van der Waals surface area contributed by atoms with Gasteiger partial charge >= 0.3 is 5.97 Å². The number of hydrogen-bond acceptors (Lipinski definition) is 3. The molecule has 17 heavy (non-hydrogen) atoms. The van der Waals surface area contributed by atoms with Gasteiger partial charge in [-0.1, -0.05) is 12.0 Å². The van der Waals surface area contributed by atoms with Crippen LogP contribution in [0.15, 0.2) is 24.3 Å². The predicted molar refractivity (Wildman–Crippen MR) is 63.5 cm³/mol. The van der Waals surface area contributed by atoms with Crippen LogP contribution in [0.5, 0.6) is 0 Å². The molecule has 0 bridgehead atoms. The highest BCUT2D eigenvalue weighted by atomic mass is 16.5. The Bertz CT molecular complexity index is 474. The first kappa shape index (κ1) is 12.8. The van der Waals surface area contributed by atoms with Crippen molar-refractivity contribution in [3.05, 3.63) is 35.4 Å². The minimum atomic E-state index is -0.592. The van der Waals surface area contributed by atoms with E-state index in [1.807, 2.05) is 0 Å². The molecular weight excluding hydrogens is 218 g/mol. The van der Waals surface area contributed by atoms with E-state index in [4.69, 9.17) is 11.2 Å². The first-order valence-corrected chi connectivity index (χ1v) is 5.07. The van der Waals surface area contributed by atoms with Crippen LogP contribution in [0.25, 0.3) is 0 Å². The number of amides is 1. The molecule has 1 N–H and O–H groups in total. The molecule has 0 saturated carbocycles. The number of ether oxygens (including phenoxy) is 1. The Balaban J connectivity index is 2.89. The fourth-order valence-corrected chi connectivity index (χ4v) is 1.19. The van der Waals surface area contributed by atoms with Crippen LogP contribution in [0, 0.1) is 12.3 Å². The summed E-state index contributed by atoms with van der Waals surface area (Å²) in [6, 6.07) is 6.25. The van der Waals surface area contributed by atoms with Crippen molar-refractivity contribution in [2.75, 3.05) is 7.05 Å². The number of esters is 1. The summed E-state index contributed by atoms with van der Waals surface area (Å²) in [6.45, 7) is 1.60. The van der Waals surface area contributed by atoms with Crippen molar-refractivity contribution in [3.8, 4) is 12.3 Å². The highest BCUT2D eigenvalue weighted by Gasteiger charge is 2.12. The van der Waals surface area contributed by atoms with E-state index < -0.39 is 12.1 Å². The molecule has 0 aliphatic heterocycles. The average molecular weight is 231 g/mol. The molecule has 0 aliphatic carbocycles. The molecular formula is C13H13NO3. The number of carbonyl (C=O) groups is 2. The van der Waals surface area contributed by atoms with Gasteiger partial charge in [0, 0.05) is 12.6 Å². The molecule has 0 aliphatic rings. The Morgan fingerprint density at radius 2 is 2.06 bits per heavy atom. The monoisotopic (exact) mass is 231 g/mol. The summed E-state index contributed by atoms with van der Waals surface area (Å²) in [7, 11) is 1.52. The summed E-state index contributed by atoms with van der Waals surface area (Å²) in [5.74, 6) is 1.49. The lowest BCUT2D eigenvalue weighted by Gasteiger charge is -2.08. The molecule has 0 aromatic heterocycles. The summed E-state index contributed by atoms with van der Waals surface area (Å²) in [6.07, 6.45) is 4.52. The fourth-order valence-electron chi connectivity index (χ4n) is 1.19. The third-order valence-corrected chi connectivity index (χ3v) is 2.11. The standard InChI is InChI=1S/C13H13NO3/c1-4-9(2)17-13(16)11-7-5-6-10(8-11)12(15)14-3/h1,5-9H,2-3H3,(H,14,15)/t9-/m1/s1. The van der Waals surface area contributed by atoms with E-state index in [1.165, 1.54) is 13.1 Å². The maximum absolute atomic E-state index is 11.6. The van der Waals surface area contributed by atoms with Crippen LogP contribution >= 0.6 is 0 Å². The van der Waals surface area contributed by atoms with Gasteiger partial charge in [0.1, 0.15) is 0 Å². The van der Waals surface area contributed by atoms with Gasteiger partial charge in [-0.25, -0.2) is 4.79 Å². The molecule has 1 rings (SSSR count). The van der Waals surface area contributed by atoms with Gasteiger partial charge in [0.25, 0.3) is 5.91 Å². The lowest BCUT2D eigenvalue weighted by Crippen LogP contribution is -2.19. The van der Waals surface area contributed by atoms with E-state index in [2.05, 4.69) is 11.2 Å². The Morgan fingerprint density at radius 3 is 2.65 bits per heavy atom. The van der Waals surface area contributed by atoms with Crippen molar-refractivity contribution in [2.45, 2.75) is 13.0 Å². The van der Waals surface area contributed by atoms with Crippen LogP contribution in [0.4, 0.5) is 0 Å². The molecule has 0 spiro atoms. The predicted octanol–water partition coefficient (Wildman–Crippen LogP) is 1.22. The zero-order chi connectivity index (χ0) is 12.8. The van der Waals surface area contributed by atoms with Crippen LogP contribution in [0.3, 0.4) is 0 Å². The van der Waals surface area contributed by atoms with Gasteiger partial charge in [0.2, 0.25) is 0 Å². The van der Waals surface area contributed by atoms with Gasteiger partial charge in [0.15, 0.2) is 6.10 Å². The number of rotatable bonds is 3. The maximum atomic E-state index is 11.6. The highest BCUT2D eigenvalue weighted by molar-refractivity contribution is 5.97. The molecule has 88 valence electrons. The van der Waals surface area contributed by atoms with E-state index in [9.17, 15) is 9.59 Å². The fraction of sp³-hybridized carbons (Fsp3) is 0.231. The molecule has 0 unspecified atom stereocenters. The molecule has 1 aromatic carbocycles. The van der Waals surface area contributed by atoms with Gasteiger partial charge in [0.05, 0.1) is 5.56 Å². The van der Waals surface area contributed by atoms with Crippen molar-refractivity contribution >= 4 is 11.9 Å². The van der Waals surface area contributed by atoms with Gasteiger partial charge in [-0.3, -0.25) is 4.79 Å². The smallest absolute Gasteiger partial charge is 0.339 e. The highest BCUT2D eigenvalue weighted by Crippen LogP contribution is 2.08. The average Bonchev–Trinajstić information content (AvgIpc) is 2.37. The summed E-state index contributed by atoms with van der Waals surface area (Å²) >= 11 is 0. The third-order valence-electron chi connectivity index (χ3n) is 2.11. The molecule has 1 atom stereocenters. The van der Waals surface area contributed by atoms with Crippen molar-refractivity contribution in [2.24, 2.45) is 0 Å². The first-order chi connectivity index (χ1) is 8.08. The van der Waals surface area contributed by atoms with Crippen LogP contribution in [-0.4, -0.2) is 25.0 Å². The van der Waals surface area contributed by atoms with E-state index in [1.54, 1.807) is 25.1 Å². The topological polar surface area (TPSA) is 55.4 Å². The second kappa shape index (κ2) is 5.71. The van der Waals surface area contributed by atoms with Crippen LogP contribution in [-0.2, 0) is 4.74 Å². The molecule has 0 fully saturated rings. The zero-order valence-electron chi connectivity index (χ0n) is 9.69. The Labute approximate surface area is 100.0 Å². The summed E-state index contributed by atoms with van der Waals surface area (Å²) in [5, 5.41) is 2.48. The minimum absolute atomic E-state index is 0.260. The SMILES string of the molecule is C#C[C@@H](C)OC(=O)c1cccc(C(=O)NC)c1. The number of hydrogen-bond donors (Lipinski definition) is 1. The van der Waals surface area contributed by atoms with Gasteiger partial charge < -0.3 is 10.1 Å². The number of nitrogens with one attached hydrogen (secondary N) is 1. The largest absolute Gasteiger partial charge is 0.446 e. The van der Waals surface area contributed by atoms with E-state index >= 15 is 0 Å². The Morgan fingerprint density at radius 1 is 1.41 bits per heavy atom. The lowest BCUT2D eigenvalue weighted by atomic mass is 10.1. The normalized spacial score (nSPS) is 11.1. The second-order valence-electron chi connectivity index (χ2n) is 3.37.